The molecule has 2 aromatic rings. The van der Waals surface area contributed by atoms with Gasteiger partial charge in [0, 0.05) is 11.4 Å². The first-order chi connectivity index (χ1) is 9.97. The zero-order valence-electron chi connectivity index (χ0n) is 12.0. The second-order valence-corrected chi connectivity index (χ2v) is 7.44. The van der Waals surface area contributed by atoms with E-state index in [1.807, 2.05) is 18.4 Å². The van der Waals surface area contributed by atoms with Crippen LogP contribution in [0.3, 0.4) is 0 Å². The normalized spacial score (nSPS) is 11.5. The van der Waals surface area contributed by atoms with Gasteiger partial charge in [0.2, 0.25) is 10.0 Å². The Labute approximate surface area is 129 Å². The van der Waals surface area contributed by atoms with Crippen molar-refractivity contribution in [2.75, 3.05) is 24.2 Å². The minimum atomic E-state index is -3.47. The Bertz CT molecular complexity index is 697. The summed E-state index contributed by atoms with van der Waals surface area (Å²) in [6.07, 6.45) is 0. The Hall–Kier alpha value is -1.57. The molecule has 0 fully saturated rings. The van der Waals surface area contributed by atoms with Gasteiger partial charge in [-0.15, -0.1) is 11.3 Å². The van der Waals surface area contributed by atoms with Crippen molar-refractivity contribution in [1.29, 1.82) is 0 Å². The fourth-order valence-corrected chi connectivity index (χ4v) is 3.51. The van der Waals surface area contributed by atoms with E-state index in [-0.39, 0.29) is 4.90 Å². The quantitative estimate of drug-likeness (QED) is 0.799. The van der Waals surface area contributed by atoms with E-state index in [1.165, 1.54) is 18.0 Å². The number of benzene rings is 1. The molecule has 0 atom stereocenters. The molecule has 1 aromatic carbocycles. The highest BCUT2D eigenvalue weighted by atomic mass is 32.2. The van der Waals surface area contributed by atoms with Crippen LogP contribution in [0.15, 0.2) is 40.6 Å². The molecular formula is C14H19N3O2S2. The molecule has 1 heterocycles. The van der Waals surface area contributed by atoms with Crippen molar-refractivity contribution in [3.63, 3.8) is 0 Å². The van der Waals surface area contributed by atoms with Gasteiger partial charge in [0.1, 0.15) is 0 Å². The number of nitrogen functional groups attached to an aromatic ring is 1. The van der Waals surface area contributed by atoms with Crippen molar-refractivity contribution in [2.45, 2.75) is 18.4 Å². The molecule has 0 bridgehead atoms. The van der Waals surface area contributed by atoms with Crippen molar-refractivity contribution in [3.8, 4) is 0 Å². The molecule has 0 saturated carbocycles. The highest BCUT2D eigenvalue weighted by Gasteiger charge is 2.16. The first-order valence-electron chi connectivity index (χ1n) is 6.58. The second kappa shape index (κ2) is 6.46. The Balaban J connectivity index is 2.38. The Morgan fingerprint density at radius 1 is 1.33 bits per heavy atom. The number of hydrogen-bond acceptors (Lipinski definition) is 5. The summed E-state index contributed by atoms with van der Waals surface area (Å²) in [5.74, 6) is 0. The lowest BCUT2D eigenvalue weighted by atomic mass is 10.2. The lowest BCUT2D eigenvalue weighted by molar-refractivity contribution is 0.588. The number of nitrogens with one attached hydrogen (secondary N) is 1. The monoisotopic (exact) mass is 325 g/mol. The zero-order valence-corrected chi connectivity index (χ0v) is 13.7. The first kappa shape index (κ1) is 15.8. The summed E-state index contributed by atoms with van der Waals surface area (Å²) in [6.45, 7) is 3.47. The number of thiophene rings is 1. The van der Waals surface area contributed by atoms with E-state index in [1.54, 1.807) is 23.5 Å². The maximum atomic E-state index is 11.9. The van der Waals surface area contributed by atoms with Crippen LogP contribution in [0.25, 0.3) is 0 Å². The van der Waals surface area contributed by atoms with Crippen LogP contribution in [0.4, 0.5) is 11.4 Å². The van der Waals surface area contributed by atoms with E-state index in [0.717, 1.165) is 12.2 Å². The summed E-state index contributed by atoms with van der Waals surface area (Å²) in [7, 11) is -2.07. The molecule has 0 aliphatic rings. The predicted molar refractivity (Wildman–Crippen MR) is 88.1 cm³/mol. The number of sulfonamides is 1. The zero-order chi connectivity index (χ0) is 15.5. The average Bonchev–Trinajstić information content (AvgIpc) is 2.98. The van der Waals surface area contributed by atoms with Crippen LogP contribution < -0.4 is 15.4 Å². The molecule has 5 nitrogen and oxygen atoms in total. The van der Waals surface area contributed by atoms with Gasteiger partial charge in [-0.25, -0.2) is 13.1 Å². The average molecular weight is 325 g/mol. The topological polar surface area (TPSA) is 75.4 Å². The van der Waals surface area contributed by atoms with Crippen molar-refractivity contribution in [1.82, 2.24) is 4.72 Å². The number of hydrogen-bond donors (Lipinski definition) is 2. The minimum Gasteiger partial charge on any atom is -0.397 e. The van der Waals surface area contributed by atoms with Crippen LogP contribution in [-0.2, 0) is 16.6 Å². The van der Waals surface area contributed by atoms with E-state index >= 15 is 0 Å². The molecule has 2 rings (SSSR count). The van der Waals surface area contributed by atoms with Crippen LogP contribution in [0.2, 0.25) is 0 Å². The highest BCUT2D eigenvalue weighted by Crippen LogP contribution is 2.28. The summed E-state index contributed by atoms with van der Waals surface area (Å²) in [4.78, 5) is 3.49. The van der Waals surface area contributed by atoms with Gasteiger partial charge < -0.3 is 10.6 Å². The number of nitrogens with two attached hydrogens (primary N) is 1. The van der Waals surface area contributed by atoms with Gasteiger partial charge in [0.15, 0.2) is 0 Å². The van der Waals surface area contributed by atoms with E-state index in [2.05, 4.69) is 15.7 Å². The lowest BCUT2D eigenvalue weighted by Gasteiger charge is -2.24. The van der Waals surface area contributed by atoms with Crippen LogP contribution >= 0.6 is 11.3 Å². The Morgan fingerprint density at radius 3 is 2.67 bits per heavy atom. The molecule has 0 spiro atoms. The molecule has 114 valence electrons. The smallest absolute Gasteiger partial charge is 0.240 e. The first-order valence-corrected chi connectivity index (χ1v) is 8.94. The van der Waals surface area contributed by atoms with Gasteiger partial charge in [-0.2, -0.15) is 0 Å². The van der Waals surface area contributed by atoms with Crippen molar-refractivity contribution >= 4 is 32.7 Å². The molecule has 1 aromatic heterocycles. The molecule has 0 radical (unpaired) electrons. The third-order valence-corrected chi connectivity index (χ3v) is 5.50. The van der Waals surface area contributed by atoms with E-state index in [9.17, 15) is 8.42 Å². The molecule has 3 N–H and O–H groups in total. The van der Waals surface area contributed by atoms with Gasteiger partial charge in [-0.3, -0.25) is 0 Å². The molecule has 0 amide bonds. The van der Waals surface area contributed by atoms with Crippen LogP contribution in [0, 0.1) is 0 Å². The van der Waals surface area contributed by atoms with E-state index < -0.39 is 10.0 Å². The second-order valence-electron chi connectivity index (χ2n) is 4.52. The summed E-state index contributed by atoms with van der Waals surface area (Å²) in [5.41, 5.74) is 7.34. The summed E-state index contributed by atoms with van der Waals surface area (Å²) in [5, 5.41) is 2.02. The number of anilines is 2. The molecule has 0 aliphatic heterocycles. The van der Waals surface area contributed by atoms with Crippen molar-refractivity contribution < 1.29 is 8.42 Å². The van der Waals surface area contributed by atoms with Gasteiger partial charge in [0.05, 0.1) is 22.8 Å². The van der Waals surface area contributed by atoms with E-state index in [4.69, 9.17) is 5.73 Å². The summed E-state index contributed by atoms with van der Waals surface area (Å²) < 4.78 is 26.2. The van der Waals surface area contributed by atoms with Crippen LogP contribution in [-0.4, -0.2) is 22.0 Å². The maximum absolute atomic E-state index is 11.9. The standard InChI is InChI=1S/C14H19N3O2S2/c1-3-17(10-11-5-4-8-20-11)14-9-12(6-7-13(14)15)21(18,19)16-2/h4-9,16H,3,10,15H2,1-2H3. The molecule has 0 saturated heterocycles. The molecule has 7 heteroatoms. The lowest BCUT2D eigenvalue weighted by Crippen LogP contribution is -2.24. The summed E-state index contributed by atoms with van der Waals surface area (Å²) in [6, 6.07) is 8.83. The largest absolute Gasteiger partial charge is 0.397 e. The van der Waals surface area contributed by atoms with Crippen LogP contribution in [0.1, 0.15) is 11.8 Å². The molecular weight excluding hydrogens is 306 g/mol. The number of nitrogens with zero attached hydrogens (tertiary/aromatic N) is 1. The predicted octanol–water partition coefficient (Wildman–Crippen LogP) is 2.26. The van der Waals surface area contributed by atoms with Gasteiger partial charge in [0.25, 0.3) is 0 Å². The fourth-order valence-electron chi connectivity index (χ4n) is 2.04. The molecule has 21 heavy (non-hydrogen) atoms. The highest BCUT2D eigenvalue weighted by molar-refractivity contribution is 7.89. The van der Waals surface area contributed by atoms with Gasteiger partial charge in [-0.05, 0) is 43.6 Å². The van der Waals surface area contributed by atoms with Gasteiger partial charge >= 0.3 is 0 Å². The third-order valence-electron chi connectivity index (χ3n) is 3.23. The SMILES string of the molecule is CCN(Cc1cccs1)c1cc(S(=O)(=O)NC)ccc1N. The fraction of sp³-hybridized carbons (Fsp3) is 0.286. The number of rotatable bonds is 6. The van der Waals surface area contributed by atoms with Crippen molar-refractivity contribution in [2.24, 2.45) is 0 Å². The maximum Gasteiger partial charge on any atom is 0.240 e. The Kier molecular flexibility index (Phi) is 4.87. The summed E-state index contributed by atoms with van der Waals surface area (Å²) >= 11 is 1.67. The third kappa shape index (κ3) is 3.55. The van der Waals surface area contributed by atoms with Crippen molar-refractivity contribution in [3.05, 3.63) is 40.6 Å². The minimum absolute atomic E-state index is 0.221. The molecule has 0 aliphatic carbocycles. The van der Waals surface area contributed by atoms with Crippen LogP contribution in [0.5, 0.6) is 0 Å². The van der Waals surface area contributed by atoms with E-state index in [0.29, 0.717) is 12.2 Å². The molecule has 0 unspecified atom stereocenters. The Morgan fingerprint density at radius 2 is 2.10 bits per heavy atom. The van der Waals surface area contributed by atoms with Gasteiger partial charge in [-0.1, -0.05) is 6.07 Å².